The van der Waals surface area contributed by atoms with Gasteiger partial charge in [0, 0.05) is 18.5 Å². The Hall–Kier alpha value is -2.47. The highest BCUT2D eigenvalue weighted by Gasteiger charge is 2.47. The summed E-state index contributed by atoms with van der Waals surface area (Å²) in [5.41, 5.74) is 2.06. The number of rotatable bonds is 5. The predicted molar refractivity (Wildman–Crippen MR) is 87.9 cm³/mol. The van der Waals surface area contributed by atoms with Crippen molar-refractivity contribution in [2.75, 3.05) is 7.11 Å². The van der Waals surface area contributed by atoms with Crippen LogP contribution in [0.5, 0.6) is 0 Å². The maximum absolute atomic E-state index is 12.1. The summed E-state index contributed by atoms with van der Waals surface area (Å²) in [6.45, 7) is 1.31. The lowest BCUT2D eigenvalue weighted by Gasteiger charge is -2.29. The monoisotopic (exact) mass is 324 g/mol. The highest BCUT2D eigenvalue weighted by molar-refractivity contribution is 5.77. The first kappa shape index (κ1) is 15.1. The highest BCUT2D eigenvalue weighted by Crippen LogP contribution is 2.38. The van der Waals surface area contributed by atoms with Crippen molar-refractivity contribution in [3.8, 4) is 0 Å². The SMILES string of the molecule is COC(=O)[C@H]1[C@@H]2C=C[C@@H](C2)N1Cc1cn(Cc2ccccc2)nn1. The molecule has 1 aromatic carbocycles. The summed E-state index contributed by atoms with van der Waals surface area (Å²) in [4.78, 5) is 14.3. The minimum atomic E-state index is -0.204. The van der Waals surface area contributed by atoms with Gasteiger partial charge in [-0.1, -0.05) is 47.7 Å². The van der Waals surface area contributed by atoms with E-state index in [1.807, 2.05) is 29.1 Å². The lowest BCUT2D eigenvalue weighted by Crippen LogP contribution is -2.44. The number of nitrogens with zero attached hydrogens (tertiary/aromatic N) is 4. The molecule has 2 bridgehead atoms. The normalized spacial score (nSPS) is 25.3. The van der Waals surface area contributed by atoms with E-state index in [9.17, 15) is 4.79 Å². The Morgan fingerprint density at radius 1 is 1.25 bits per heavy atom. The molecule has 2 heterocycles. The number of fused-ring (bicyclic) bond motifs is 2. The average molecular weight is 324 g/mol. The van der Waals surface area contributed by atoms with Crippen molar-refractivity contribution in [3.63, 3.8) is 0 Å². The largest absolute Gasteiger partial charge is 0.468 e. The smallest absolute Gasteiger partial charge is 0.323 e. The van der Waals surface area contributed by atoms with Crippen molar-refractivity contribution in [3.05, 3.63) is 59.9 Å². The third-order valence-electron chi connectivity index (χ3n) is 4.84. The van der Waals surface area contributed by atoms with Crippen LogP contribution in [0.25, 0.3) is 0 Å². The zero-order valence-electron chi connectivity index (χ0n) is 13.6. The van der Waals surface area contributed by atoms with Gasteiger partial charge in [-0.25, -0.2) is 4.68 Å². The Morgan fingerprint density at radius 3 is 2.88 bits per heavy atom. The fourth-order valence-electron chi connectivity index (χ4n) is 3.73. The van der Waals surface area contributed by atoms with E-state index in [0.717, 1.165) is 12.1 Å². The van der Waals surface area contributed by atoms with Gasteiger partial charge in [0.25, 0.3) is 0 Å². The van der Waals surface area contributed by atoms with Gasteiger partial charge in [-0.15, -0.1) is 5.10 Å². The molecule has 0 spiro atoms. The Bertz CT molecular complexity index is 755. The molecule has 3 atom stereocenters. The number of esters is 1. The van der Waals surface area contributed by atoms with Crippen molar-refractivity contribution in [2.24, 2.45) is 5.92 Å². The fourth-order valence-corrected chi connectivity index (χ4v) is 3.73. The lowest BCUT2D eigenvalue weighted by atomic mass is 10.0. The Labute approximate surface area is 140 Å². The quantitative estimate of drug-likeness (QED) is 0.618. The van der Waals surface area contributed by atoms with E-state index in [1.165, 1.54) is 12.7 Å². The molecular weight excluding hydrogens is 304 g/mol. The Balaban J connectivity index is 1.47. The predicted octanol–water partition coefficient (Wildman–Crippen LogP) is 1.63. The van der Waals surface area contributed by atoms with Crippen LogP contribution in [0.15, 0.2) is 48.7 Å². The minimum absolute atomic E-state index is 0.163. The van der Waals surface area contributed by atoms with E-state index < -0.39 is 0 Å². The third kappa shape index (κ3) is 2.73. The van der Waals surface area contributed by atoms with Gasteiger partial charge in [-0.2, -0.15) is 0 Å². The second-order valence-electron chi connectivity index (χ2n) is 6.39. The van der Waals surface area contributed by atoms with Crippen LogP contribution in [0.1, 0.15) is 17.7 Å². The van der Waals surface area contributed by atoms with E-state index in [2.05, 4.69) is 39.5 Å². The molecule has 0 N–H and O–H groups in total. The molecule has 0 unspecified atom stereocenters. The fraction of sp³-hybridized carbons (Fsp3) is 0.389. The van der Waals surface area contributed by atoms with Crippen molar-refractivity contribution >= 4 is 5.97 Å². The van der Waals surface area contributed by atoms with Gasteiger partial charge in [-0.05, 0) is 12.0 Å². The molecule has 1 saturated heterocycles. The third-order valence-corrected chi connectivity index (χ3v) is 4.84. The maximum atomic E-state index is 12.1. The molecule has 6 heteroatoms. The van der Waals surface area contributed by atoms with E-state index >= 15 is 0 Å². The van der Waals surface area contributed by atoms with Crippen molar-refractivity contribution in [1.29, 1.82) is 0 Å². The van der Waals surface area contributed by atoms with Gasteiger partial charge in [0.1, 0.15) is 6.04 Å². The van der Waals surface area contributed by atoms with Crippen LogP contribution in [0.4, 0.5) is 0 Å². The molecule has 2 aliphatic rings. The van der Waals surface area contributed by atoms with E-state index in [4.69, 9.17) is 4.74 Å². The number of hydrogen-bond acceptors (Lipinski definition) is 5. The maximum Gasteiger partial charge on any atom is 0.323 e. The van der Waals surface area contributed by atoms with Crippen LogP contribution in [-0.4, -0.2) is 45.1 Å². The van der Waals surface area contributed by atoms with Crippen LogP contribution in [0.2, 0.25) is 0 Å². The number of methoxy groups -OCH3 is 1. The summed E-state index contributed by atoms with van der Waals surface area (Å²) in [5, 5.41) is 8.49. The van der Waals surface area contributed by atoms with Gasteiger partial charge in [0.15, 0.2) is 0 Å². The molecule has 1 aromatic heterocycles. The molecule has 0 radical (unpaired) electrons. The number of hydrogen-bond donors (Lipinski definition) is 0. The van der Waals surface area contributed by atoms with Gasteiger partial charge in [0.05, 0.1) is 25.5 Å². The van der Waals surface area contributed by atoms with Crippen LogP contribution in [0.3, 0.4) is 0 Å². The molecule has 1 fully saturated rings. The number of carbonyl (C=O) groups excluding carboxylic acids is 1. The molecule has 1 aliphatic carbocycles. The number of likely N-dealkylation sites (tertiary alicyclic amines) is 1. The van der Waals surface area contributed by atoms with Gasteiger partial charge < -0.3 is 4.74 Å². The minimum Gasteiger partial charge on any atom is -0.468 e. The van der Waals surface area contributed by atoms with Crippen LogP contribution in [0, 0.1) is 5.92 Å². The van der Waals surface area contributed by atoms with Crippen molar-refractivity contribution < 1.29 is 9.53 Å². The van der Waals surface area contributed by atoms with Crippen LogP contribution in [-0.2, 0) is 22.6 Å². The standard InChI is InChI=1S/C18H20N4O2/c1-24-18(23)17-14-7-8-16(9-14)22(17)12-15-11-21(20-19-15)10-13-5-3-2-4-6-13/h2-8,11,14,16-17H,9-10,12H2,1H3/t14-,16+,17-/m1/s1. The topological polar surface area (TPSA) is 60.2 Å². The first-order valence-electron chi connectivity index (χ1n) is 8.19. The molecular formula is C18H20N4O2. The highest BCUT2D eigenvalue weighted by atomic mass is 16.5. The van der Waals surface area contributed by atoms with Crippen molar-refractivity contribution in [2.45, 2.75) is 31.6 Å². The second-order valence-corrected chi connectivity index (χ2v) is 6.39. The molecule has 2 aromatic rings. The van der Waals surface area contributed by atoms with Crippen molar-refractivity contribution in [1.82, 2.24) is 19.9 Å². The number of benzene rings is 1. The van der Waals surface area contributed by atoms with E-state index in [-0.39, 0.29) is 17.9 Å². The molecule has 4 rings (SSSR count). The van der Waals surface area contributed by atoms with E-state index in [0.29, 0.717) is 19.1 Å². The number of ether oxygens (including phenoxy) is 1. The van der Waals surface area contributed by atoms with Gasteiger partial charge >= 0.3 is 5.97 Å². The lowest BCUT2D eigenvalue weighted by molar-refractivity contribution is -0.147. The molecule has 6 nitrogen and oxygen atoms in total. The number of carbonyl (C=O) groups is 1. The summed E-state index contributed by atoms with van der Waals surface area (Å²) in [6.07, 6.45) is 7.25. The first-order chi connectivity index (χ1) is 11.7. The van der Waals surface area contributed by atoms with Crippen LogP contribution >= 0.6 is 0 Å². The molecule has 0 amide bonds. The summed E-state index contributed by atoms with van der Waals surface area (Å²) in [6, 6.07) is 10.3. The average Bonchev–Trinajstić information content (AvgIpc) is 3.32. The number of aromatic nitrogens is 3. The van der Waals surface area contributed by atoms with E-state index in [1.54, 1.807) is 0 Å². The second kappa shape index (κ2) is 6.20. The molecule has 0 saturated carbocycles. The molecule has 124 valence electrons. The van der Waals surface area contributed by atoms with Crippen LogP contribution < -0.4 is 0 Å². The summed E-state index contributed by atoms with van der Waals surface area (Å²) in [7, 11) is 1.45. The zero-order valence-corrected chi connectivity index (χ0v) is 13.6. The summed E-state index contributed by atoms with van der Waals surface area (Å²) >= 11 is 0. The summed E-state index contributed by atoms with van der Waals surface area (Å²) in [5.74, 6) is 0.0883. The summed E-state index contributed by atoms with van der Waals surface area (Å²) < 4.78 is 6.82. The molecule has 24 heavy (non-hydrogen) atoms. The first-order valence-corrected chi connectivity index (χ1v) is 8.19. The molecule has 1 aliphatic heterocycles. The van der Waals surface area contributed by atoms with Gasteiger partial charge in [-0.3, -0.25) is 9.69 Å². The zero-order chi connectivity index (χ0) is 16.5. The Morgan fingerprint density at radius 2 is 2.08 bits per heavy atom. The Kier molecular flexibility index (Phi) is 3.90. The van der Waals surface area contributed by atoms with Gasteiger partial charge in [0.2, 0.25) is 0 Å².